The molecule has 0 saturated carbocycles. The van der Waals surface area contributed by atoms with Gasteiger partial charge in [0.2, 0.25) is 5.91 Å². The van der Waals surface area contributed by atoms with Crippen LogP contribution in [0.1, 0.15) is 11.3 Å². The maximum Gasteiger partial charge on any atom is 0.262 e. The Balaban J connectivity index is 1.55. The fourth-order valence-electron chi connectivity index (χ4n) is 3.04. The highest BCUT2D eigenvalue weighted by molar-refractivity contribution is 7.99. The molecule has 4 rings (SSSR count). The van der Waals surface area contributed by atoms with E-state index in [0.717, 1.165) is 11.3 Å². The van der Waals surface area contributed by atoms with E-state index < -0.39 is 0 Å². The first kappa shape index (κ1) is 19.8. The van der Waals surface area contributed by atoms with E-state index in [0.29, 0.717) is 29.1 Å². The summed E-state index contributed by atoms with van der Waals surface area (Å²) in [6.45, 7) is 0.762. The summed E-state index contributed by atoms with van der Waals surface area (Å²) in [5.74, 6) is 0.0196. The van der Waals surface area contributed by atoms with E-state index in [1.54, 1.807) is 16.8 Å². The van der Waals surface area contributed by atoms with Gasteiger partial charge in [-0.15, -0.1) is 0 Å². The number of pyridine rings is 1. The number of nitrogens with one attached hydrogen (secondary N) is 1. The van der Waals surface area contributed by atoms with Crippen molar-refractivity contribution >= 4 is 28.6 Å². The minimum atomic E-state index is -0.140. The van der Waals surface area contributed by atoms with Gasteiger partial charge in [-0.25, -0.2) is 4.98 Å². The number of nitrogens with zero attached hydrogens (tertiary/aromatic N) is 3. The summed E-state index contributed by atoms with van der Waals surface area (Å²) >= 11 is 1.26. The summed E-state index contributed by atoms with van der Waals surface area (Å²) in [6, 6.07) is 22.6. The third-order valence-electron chi connectivity index (χ3n) is 4.54. The van der Waals surface area contributed by atoms with Crippen molar-refractivity contribution in [3.05, 3.63) is 101 Å². The van der Waals surface area contributed by atoms with Crippen molar-refractivity contribution < 1.29 is 4.79 Å². The number of benzene rings is 2. The summed E-state index contributed by atoms with van der Waals surface area (Å²) in [6.07, 6.45) is 1.69. The van der Waals surface area contributed by atoms with Gasteiger partial charge in [0, 0.05) is 6.20 Å². The Kier molecular flexibility index (Phi) is 6.20. The Bertz CT molecular complexity index is 1210. The number of carbonyl (C=O) groups excluding carboxylic acids is 1. The lowest BCUT2D eigenvalue weighted by Gasteiger charge is -2.13. The standard InChI is InChI=1S/C23H20N4O2S/c28-21(25-14-18-10-6-7-13-24-18)16-30-23-26-20-12-5-4-11-19(20)22(29)27(23)15-17-8-2-1-3-9-17/h1-13H,14-16H2,(H,25,28). The molecule has 2 aromatic heterocycles. The summed E-state index contributed by atoms with van der Waals surface area (Å²) < 4.78 is 1.63. The second kappa shape index (κ2) is 9.37. The number of hydrogen-bond acceptors (Lipinski definition) is 5. The molecule has 150 valence electrons. The van der Waals surface area contributed by atoms with Crippen molar-refractivity contribution in [2.75, 3.05) is 5.75 Å². The Morgan fingerprint density at radius 2 is 1.73 bits per heavy atom. The Morgan fingerprint density at radius 3 is 2.53 bits per heavy atom. The number of amides is 1. The maximum absolute atomic E-state index is 13.1. The monoisotopic (exact) mass is 416 g/mol. The van der Waals surface area contributed by atoms with Crippen molar-refractivity contribution in [2.45, 2.75) is 18.2 Å². The predicted octanol–water partition coefficient (Wildman–Crippen LogP) is 3.25. The van der Waals surface area contributed by atoms with E-state index in [1.807, 2.05) is 66.7 Å². The molecule has 0 unspecified atom stereocenters. The molecule has 4 aromatic rings. The molecule has 0 fully saturated rings. The van der Waals surface area contributed by atoms with Gasteiger partial charge in [0.1, 0.15) is 0 Å². The van der Waals surface area contributed by atoms with Gasteiger partial charge in [-0.3, -0.25) is 19.1 Å². The molecule has 0 atom stereocenters. The van der Waals surface area contributed by atoms with Crippen LogP contribution in [-0.2, 0) is 17.9 Å². The molecule has 0 saturated heterocycles. The third kappa shape index (κ3) is 4.75. The molecule has 2 heterocycles. The number of hydrogen-bond donors (Lipinski definition) is 1. The molecule has 30 heavy (non-hydrogen) atoms. The van der Waals surface area contributed by atoms with Crippen LogP contribution in [-0.4, -0.2) is 26.2 Å². The number of carbonyl (C=O) groups is 1. The summed E-state index contributed by atoms with van der Waals surface area (Å²) in [5, 5.41) is 3.94. The zero-order valence-corrected chi connectivity index (χ0v) is 17.0. The van der Waals surface area contributed by atoms with Gasteiger partial charge in [0.05, 0.1) is 35.4 Å². The molecule has 0 bridgehead atoms. The van der Waals surface area contributed by atoms with E-state index in [1.165, 1.54) is 11.8 Å². The van der Waals surface area contributed by atoms with Crippen molar-refractivity contribution in [3.63, 3.8) is 0 Å². The minimum Gasteiger partial charge on any atom is -0.350 e. The largest absolute Gasteiger partial charge is 0.350 e. The molecule has 1 amide bonds. The lowest BCUT2D eigenvalue weighted by molar-refractivity contribution is -0.118. The SMILES string of the molecule is O=C(CSc1nc2ccccc2c(=O)n1Cc1ccccc1)NCc1ccccn1. The third-order valence-corrected chi connectivity index (χ3v) is 5.51. The Morgan fingerprint density at radius 1 is 0.967 bits per heavy atom. The van der Waals surface area contributed by atoms with E-state index in [-0.39, 0.29) is 17.2 Å². The summed E-state index contributed by atoms with van der Waals surface area (Å²) in [5.41, 5.74) is 2.31. The van der Waals surface area contributed by atoms with Crippen LogP contribution >= 0.6 is 11.8 Å². The fraction of sp³-hybridized carbons (Fsp3) is 0.130. The van der Waals surface area contributed by atoms with E-state index in [4.69, 9.17) is 0 Å². The van der Waals surface area contributed by atoms with E-state index in [2.05, 4.69) is 15.3 Å². The smallest absolute Gasteiger partial charge is 0.262 e. The molecular weight excluding hydrogens is 396 g/mol. The first-order valence-electron chi connectivity index (χ1n) is 9.53. The molecule has 0 aliphatic carbocycles. The van der Waals surface area contributed by atoms with Gasteiger partial charge < -0.3 is 5.32 Å². The number of thioether (sulfide) groups is 1. The lowest BCUT2D eigenvalue weighted by atomic mass is 10.2. The van der Waals surface area contributed by atoms with Crippen LogP contribution in [0.5, 0.6) is 0 Å². The first-order valence-corrected chi connectivity index (χ1v) is 10.5. The molecule has 0 aliphatic heterocycles. The zero-order chi connectivity index (χ0) is 20.8. The van der Waals surface area contributed by atoms with Gasteiger partial charge in [-0.05, 0) is 29.8 Å². The second-order valence-electron chi connectivity index (χ2n) is 6.67. The van der Waals surface area contributed by atoms with Crippen LogP contribution in [0.2, 0.25) is 0 Å². The highest BCUT2D eigenvalue weighted by Crippen LogP contribution is 2.19. The van der Waals surface area contributed by atoms with E-state index in [9.17, 15) is 9.59 Å². The normalized spacial score (nSPS) is 10.8. The first-order chi connectivity index (χ1) is 14.7. The molecule has 6 nitrogen and oxygen atoms in total. The van der Waals surface area contributed by atoms with Crippen LogP contribution in [0.4, 0.5) is 0 Å². The van der Waals surface area contributed by atoms with Gasteiger partial charge in [0.15, 0.2) is 5.16 Å². The molecule has 7 heteroatoms. The molecular formula is C23H20N4O2S. The van der Waals surface area contributed by atoms with Crippen molar-refractivity contribution in [1.82, 2.24) is 19.9 Å². The summed E-state index contributed by atoms with van der Waals surface area (Å²) in [4.78, 5) is 34.3. The van der Waals surface area contributed by atoms with Crippen molar-refractivity contribution in [1.29, 1.82) is 0 Å². The molecule has 0 radical (unpaired) electrons. The average Bonchev–Trinajstić information content (AvgIpc) is 2.80. The Labute approximate surface area is 178 Å². The molecule has 0 aliphatic rings. The van der Waals surface area contributed by atoms with Crippen LogP contribution in [0.15, 0.2) is 88.9 Å². The van der Waals surface area contributed by atoms with Crippen LogP contribution in [0.3, 0.4) is 0 Å². The highest BCUT2D eigenvalue weighted by Gasteiger charge is 2.13. The predicted molar refractivity (Wildman–Crippen MR) is 118 cm³/mol. The highest BCUT2D eigenvalue weighted by atomic mass is 32.2. The quantitative estimate of drug-likeness (QED) is 0.370. The van der Waals surface area contributed by atoms with Crippen LogP contribution in [0, 0.1) is 0 Å². The number of rotatable bonds is 7. The van der Waals surface area contributed by atoms with Gasteiger partial charge in [-0.1, -0.05) is 60.3 Å². The number of aromatic nitrogens is 3. The van der Waals surface area contributed by atoms with Gasteiger partial charge >= 0.3 is 0 Å². The number of para-hydroxylation sites is 1. The van der Waals surface area contributed by atoms with E-state index >= 15 is 0 Å². The van der Waals surface area contributed by atoms with Gasteiger partial charge in [-0.2, -0.15) is 0 Å². The van der Waals surface area contributed by atoms with Crippen LogP contribution in [0.25, 0.3) is 10.9 Å². The maximum atomic E-state index is 13.1. The van der Waals surface area contributed by atoms with Crippen molar-refractivity contribution in [2.24, 2.45) is 0 Å². The van der Waals surface area contributed by atoms with Crippen LogP contribution < -0.4 is 10.9 Å². The lowest BCUT2D eigenvalue weighted by Crippen LogP contribution is -2.27. The second-order valence-corrected chi connectivity index (χ2v) is 7.62. The zero-order valence-electron chi connectivity index (χ0n) is 16.2. The Hall–Kier alpha value is -3.45. The molecule has 0 spiro atoms. The van der Waals surface area contributed by atoms with Crippen molar-refractivity contribution in [3.8, 4) is 0 Å². The van der Waals surface area contributed by atoms with Gasteiger partial charge in [0.25, 0.3) is 5.56 Å². The molecule has 2 aromatic carbocycles. The summed E-state index contributed by atoms with van der Waals surface area (Å²) in [7, 11) is 0. The molecule has 1 N–H and O–H groups in total. The number of fused-ring (bicyclic) bond motifs is 1. The minimum absolute atomic E-state index is 0.110. The topological polar surface area (TPSA) is 76.9 Å². The fourth-order valence-corrected chi connectivity index (χ4v) is 3.86. The average molecular weight is 417 g/mol.